The molecule has 0 aliphatic rings. The number of carbonyl (C=O) groups excluding carboxylic acids is 1. The second-order valence-electron chi connectivity index (χ2n) is 7.42. The zero-order chi connectivity index (χ0) is 18.1. The van der Waals surface area contributed by atoms with Gasteiger partial charge >= 0.3 is 0 Å². The summed E-state index contributed by atoms with van der Waals surface area (Å²) in [6.07, 6.45) is 2.71. The van der Waals surface area contributed by atoms with Crippen LogP contribution in [-0.4, -0.2) is 45.7 Å². The van der Waals surface area contributed by atoms with E-state index in [0.29, 0.717) is 18.7 Å². The predicted molar refractivity (Wildman–Crippen MR) is 97.1 cm³/mol. The second kappa shape index (κ2) is 6.89. The molecule has 0 aliphatic heterocycles. The molecule has 2 aromatic heterocycles. The van der Waals surface area contributed by atoms with E-state index in [1.165, 1.54) is 0 Å². The molecule has 1 unspecified atom stereocenters. The van der Waals surface area contributed by atoms with Crippen LogP contribution in [0.25, 0.3) is 11.0 Å². The van der Waals surface area contributed by atoms with Crippen LogP contribution in [0.2, 0.25) is 0 Å². The smallest absolute Gasteiger partial charge is 0.254 e. The maximum Gasteiger partial charge on any atom is 0.254 e. The van der Waals surface area contributed by atoms with Crippen LogP contribution in [-0.2, 0) is 0 Å². The molecule has 0 aromatic carbocycles. The second-order valence-corrected chi connectivity index (χ2v) is 7.42. The third kappa shape index (κ3) is 3.59. The highest BCUT2D eigenvalue weighted by Gasteiger charge is 2.24. The number of carbonyl (C=O) groups is 1. The molecule has 0 saturated carbocycles. The minimum atomic E-state index is -0.119. The summed E-state index contributed by atoms with van der Waals surface area (Å²) < 4.78 is 1.91. The van der Waals surface area contributed by atoms with Crippen molar-refractivity contribution in [2.75, 3.05) is 20.1 Å². The Morgan fingerprint density at radius 1 is 1.46 bits per heavy atom. The zero-order valence-electron chi connectivity index (χ0n) is 15.6. The minimum absolute atomic E-state index is 0.0178. The highest BCUT2D eigenvalue weighted by atomic mass is 16.2. The van der Waals surface area contributed by atoms with Crippen molar-refractivity contribution in [3.05, 3.63) is 23.5 Å². The molecule has 0 fully saturated rings. The Morgan fingerprint density at radius 3 is 2.71 bits per heavy atom. The van der Waals surface area contributed by atoms with Gasteiger partial charge in [-0.05, 0) is 38.3 Å². The van der Waals surface area contributed by atoms with Crippen LogP contribution in [0.5, 0.6) is 0 Å². The highest BCUT2D eigenvalue weighted by molar-refractivity contribution is 6.05. The number of nitrogens with two attached hydrogens (primary N) is 1. The molecule has 1 atom stereocenters. The quantitative estimate of drug-likeness (QED) is 0.883. The average molecular weight is 331 g/mol. The minimum Gasteiger partial charge on any atom is -0.341 e. The van der Waals surface area contributed by atoms with Crippen LogP contribution < -0.4 is 5.73 Å². The molecule has 6 nitrogen and oxygen atoms in total. The monoisotopic (exact) mass is 331 g/mol. The fraction of sp³-hybridized carbons (Fsp3) is 0.611. The Kier molecular flexibility index (Phi) is 5.28. The van der Waals surface area contributed by atoms with E-state index in [1.807, 2.05) is 24.7 Å². The molecule has 2 N–H and O–H groups in total. The van der Waals surface area contributed by atoms with Crippen LogP contribution in [0.1, 0.15) is 56.2 Å². The lowest BCUT2D eigenvalue weighted by molar-refractivity contribution is 0.0742. The van der Waals surface area contributed by atoms with E-state index < -0.39 is 0 Å². The number of aryl methyl sites for hydroxylation is 1. The van der Waals surface area contributed by atoms with Gasteiger partial charge in [0.25, 0.3) is 5.91 Å². The molecule has 6 heteroatoms. The molecule has 24 heavy (non-hydrogen) atoms. The van der Waals surface area contributed by atoms with Gasteiger partial charge in [0.2, 0.25) is 0 Å². The summed E-state index contributed by atoms with van der Waals surface area (Å²) in [5.74, 6) is -0.0178. The number of hydrogen-bond donors (Lipinski definition) is 1. The Hall–Kier alpha value is -1.95. The SMILES string of the molecule is CCC(C)n1ncc2c(C(=O)N(C)CC(C)(C)CN)cc(C)nc21. The van der Waals surface area contributed by atoms with Crippen LogP contribution in [0.3, 0.4) is 0 Å². The van der Waals surface area contributed by atoms with Gasteiger partial charge in [-0.3, -0.25) is 4.79 Å². The highest BCUT2D eigenvalue weighted by Crippen LogP contribution is 2.24. The summed E-state index contributed by atoms with van der Waals surface area (Å²) >= 11 is 0. The van der Waals surface area contributed by atoms with Gasteiger partial charge in [-0.15, -0.1) is 0 Å². The first-order valence-corrected chi connectivity index (χ1v) is 8.50. The van der Waals surface area contributed by atoms with Crippen LogP contribution in [0, 0.1) is 12.3 Å². The molecular weight excluding hydrogens is 302 g/mol. The standard InChI is InChI=1S/C18H29N5O/c1-7-13(3)23-16-15(9-20-23)14(8-12(2)21-16)17(24)22(6)11-18(4,5)10-19/h8-9,13H,7,10-11,19H2,1-6H3. The van der Waals surface area contributed by atoms with Gasteiger partial charge in [-0.2, -0.15) is 5.10 Å². The van der Waals surface area contributed by atoms with Crippen molar-refractivity contribution in [1.82, 2.24) is 19.7 Å². The molecule has 0 saturated heterocycles. The molecule has 2 aromatic rings. The molecule has 2 heterocycles. The lowest BCUT2D eigenvalue weighted by Crippen LogP contribution is -2.39. The Labute approximate surface area is 144 Å². The predicted octanol–water partition coefficient (Wildman–Crippen LogP) is 2.77. The lowest BCUT2D eigenvalue weighted by atomic mass is 9.93. The summed E-state index contributed by atoms with van der Waals surface area (Å²) in [7, 11) is 1.82. The molecular formula is C18H29N5O. The molecule has 0 bridgehead atoms. The van der Waals surface area contributed by atoms with Gasteiger partial charge in [0.15, 0.2) is 5.65 Å². The third-order valence-electron chi connectivity index (χ3n) is 4.50. The molecule has 0 spiro atoms. The van der Waals surface area contributed by atoms with Crippen molar-refractivity contribution in [1.29, 1.82) is 0 Å². The lowest BCUT2D eigenvalue weighted by Gasteiger charge is -2.29. The molecule has 0 radical (unpaired) electrons. The fourth-order valence-corrected chi connectivity index (χ4v) is 2.80. The molecule has 1 amide bonds. The maximum atomic E-state index is 13.0. The van der Waals surface area contributed by atoms with Gasteiger partial charge in [0.05, 0.1) is 23.2 Å². The molecule has 2 rings (SSSR count). The zero-order valence-corrected chi connectivity index (χ0v) is 15.6. The van der Waals surface area contributed by atoms with Crippen molar-refractivity contribution < 1.29 is 4.79 Å². The van der Waals surface area contributed by atoms with Crippen LogP contribution in [0.15, 0.2) is 12.3 Å². The molecule has 132 valence electrons. The summed E-state index contributed by atoms with van der Waals surface area (Å²) in [6, 6.07) is 2.09. The van der Waals surface area contributed by atoms with E-state index in [1.54, 1.807) is 11.1 Å². The Bertz CT molecular complexity index is 734. The van der Waals surface area contributed by atoms with E-state index in [0.717, 1.165) is 23.1 Å². The third-order valence-corrected chi connectivity index (χ3v) is 4.50. The number of fused-ring (bicyclic) bond motifs is 1. The van der Waals surface area contributed by atoms with Gasteiger partial charge in [-0.25, -0.2) is 9.67 Å². The van der Waals surface area contributed by atoms with E-state index in [4.69, 9.17) is 5.73 Å². The number of amides is 1. The van der Waals surface area contributed by atoms with E-state index in [-0.39, 0.29) is 17.4 Å². The topological polar surface area (TPSA) is 77.0 Å². The number of aromatic nitrogens is 3. The first-order valence-electron chi connectivity index (χ1n) is 8.50. The normalized spacial score (nSPS) is 13.3. The Balaban J connectivity index is 2.45. The molecule has 0 aliphatic carbocycles. The fourth-order valence-electron chi connectivity index (χ4n) is 2.80. The number of nitrogens with zero attached hydrogens (tertiary/aromatic N) is 4. The largest absolute Gasteiger partial charge is 0.341 e. The van der Waals surface area contributed by atoms with Gasteiger partial charge < -0.3 is 10.6 Å². The first kappa shape index (κ1) is 18.4. The van der Waals surface area contributed by atoms with E-state index in [9.17, 15) is 4.79 Å². The maximum absolute atomic E-state index is 13.0. The van der Waals surface area contributed by atoms with Gasteiger partial charge in [0.1, 0.15) is 0 Å². The Morgan fingerprint density at radius 2 is 2.12 bits per heavy atom. The van der Waals surface area contributed by atoms with Gasteiger partial charge in [0, 0.05) is 19.3 Å². The van der Waals surface area contributed by atoms with E-state index in [2.05, 4.69) is 37.8 Å². The van der Waals surface area contributed by atoms with Crippen molar-refractivity contribution >= 4 is 16.9 Å². The van der Waals surface area contributed by atoms with Crippen molar-refractivity contribution in [2.45, 2.75) is 47.1 Å². The number of rotatable bonds is 6. The van der Waals surface area contributed by atoms with Crippen molar-refractivity contribution in [3.8, 4) is 0 Å². The number of pyridine rings is 1. The van der Waals surface area contributed by atoms with E-state index >= 15 is 0 Å². The summed E-state index contributed by atoms with van der Waals surface area (Å²) in [6.45, 7) is 11.4. The first-order chi connectivity index (χ1) is 11.2. The van der Waals surface area contributed by atoms with Gasteiger partial charge in [-0.1, -0.05) is 20.8 Å². The summed E-state index contributed by atoms with van der Waals surface area (Å²) in [4.78, 5) is 19.3. The average Bonchev–Trinajstić information content (AvgIpc) is 2.95. The summed E-state index contributed by atoms with van der Waals surface area (Å²) in [5, 5.41) is 5.27. The van der Waals surface area contributed by atoms with Crippen molar-refractivity contribution in [2.24, 2.45) is 11.1 Å². The number of hydrogen-bond acceptors (Lipinski definition) is 4. The van der Waals surface area contributed by atoms with Crippen molar-refractivity contribution in [3.63, 3.8) is 0 Å². The van der Waals surface area contributed by atoms with Crippen LogP contribution in [0.4, 0.5) is 0 Å². The summed E-state index contributed by atoms with van der Waals surface area (Å²) in [5.41, 5.74) is 7.93. The van der Waals surface area contributed by atoms with Crippen LogP contribution >= 0.6 is 0 Å².